The third-order valence-corrected chi connectivity index (χ3v) is 1.51. The fraction of sp³-hybridized carbons (Fsp3) is 0.250. The summed E-state index contributed by atoms with van der Waals surface area (Å²) in [4.78, 5) is 2.75. The number of nitrogens with zero attached hydrogens (tertiary/aromatic N) is 2. The fourth-order valence-corrected chi connectivity index (χ4v) is 0.880. The largest absolute Gasteiger partial charge is 0.283 e. The van der Waals surface area contributed by atoms with Crippen LogP contribution in [0.1, 0.15) is 17.7 Å². The Morgan fingerprint density at radius 3 is 2.57 bits per heavy atom. The molecular formula is C8H4F4N2. The molecule has 0 aliphatic heterocycles. The van der Waals surface area contributed by atoms with Crippen molar-refractivity contribution < 1.29 is 17.6 Å². The van der Waals surface area contributed by atoms with Crippen LogP contribution in [0.3, 0.4) is 0 Å². The van der Waals surface area contributed by atoms with Gasteiger partial charge in [-0.1, -0.05) is 0 Å². The third-order valence-electron chi connectivity index (χ3n) is 1.51. The van der Waals surface area contributed by atoms with E-state index in [-0.39, 0.29) is 5.56 Å². The molecule has 0 amide bonds. The highest BCUT2D eigenvalue weighted by molar-refractivity contribution is 5.21. The van der Waals surface area contributed by atoms with Crippen molar-refractivity contribution in [1.82, 2.24) is 4.98 Å². The van der Waals surface area contributed by atoms with E-state index < -0.39 is 30.3 Å². The van der Waals surface area contributed by atoms with Gasteiger partial charge in [-0.25, -0.2) is 18.2 Å². The molecule has 0 unspecified atom stereocenters. The molecule has 0 spiro atoms. The summed E-state index contributed by atoms with van der Waals surface area (Å²) in [5.41, 5.74) is -1.56. The van der Waals surface area contributed by atoms with Gasteiger partial charge >= 0.3 is 0 Å². The van der Waals surface area contributed by atoms with Crippen molar-refractivity contribution in [2.24, 2.45) is 0 Å². The van der Waals surface area contributed by atoms with E-state index >= 15 is 0 Å². The molecule has 0 saturated carbocycles. The van der Waals surface area contributed by atoms with Crippen LogP contribution in [0.25, 0.3) is 0 Å². The summed E-state index contributed by atoms with van der Waals surface area (Å²) >= 11 is 0. The quantitative estimate of drug-likeness (QED) is 0.547. The number of nitriles is 1. The summed E-state index contributed by atoms with van der Waals surface area (Å²) in [5, 5.41) is 8.20. The predicted molar refractivity (Wildman–Crippen MR) is 38.4 cm³/mol. The van der Waals surface area contributed by atoms with Crippen molar-refractivity contribution in [3.8, 4) is 6.07 Å². The van der Waals surface area contributed by atoms with Crippen LogP contribution in [0, 0.1) is 23.1 Å². The topological polar surface area (TPSA) is 36.7 Å². The average Bonchev–Trinajstić information content (AvgIpc) is 2.10. The molecule has 0 bridgehead atoms. The SMILES string of the molecule is N#CCc1cc(F)c(C(F)F)nc1F. The zero-order valence-electron chi connectivity index (χ0n) is 6.77. The summed E-state index contributed by atoms with van der Waals surface area (Å²) in [6.07, 6.45) is -3.57. The lowest BCUT2D eigenvalue weighted by Gasteiger charge is -2.03. The molecule has 0 saturated heterocycles. The van der Waals surface area contributed by atoms with Crippen molar-refractivity contribution in [3.63, 3.8) is 0 Å². The summed E-state index contributed by atoms with van der Waals surface area (Å²) < 4.78 is 49.6. The summed E-state index contributed by atoms with van der Waals surface area (Å²) in [7, 11) is 0. The third kappa shape index (κ3) is 1.99. The zero-order valence-corrected chi connectivity index (χ0v) is 6.77. The van der Waals surface area contributed by atoms with E-state index in [1.165, 1.54) is 0 Å². The first-order chi connectivity index (χ1) is 6.56. The van der Waals surface area contributed by atoms with Gasteiger partial charge in [0.05, 0.1) is 12.5 Å². The highest BCUT2D eigenvalue weighted by Gasteiger charge is 2.18. The van der Waals surface area contributed by atoms with E-state index in [1.54, 1.807) is 6.07 Å². The Labute approximate surface area is 76.8 Å². The van der Waals surface area contributed by atoms with Crippen LogP contribution in [-0.4, -0.2) is 4.98 Å². The number of halogens is 4. The highest BCUT2D eigenvalue weighted by atomic mass is 19.3. The molecule has 0 aliphatic carbocycles. The van der Waals surface area contributed by atoms with Gasteiger partial charge in [0.2, 0.25) is 5.95 Å². The van der Waals surface area contributed by atoms with Crippen molar-refractivity contribution in [2.75, 3.05) is 0 Å². The maximum atomic E-state index is 12.8. The van der Waals surface area contributed by atoms with Gasteiger partial charge in [0.25, 0.3) is 6.43 Å². The number of aromatic nitrogens is 1. The van der Waals surface area contributed by atoms with Crippen molar-refractivity contribution in [3.05, 3.63) is 29.1 Å². The van der Waals surface area contributed by atoms with Gasteiger partial charge < -0.3 is 0 Å². The van der Waals surface area contributed by atoms with E-state index in [1.807, 2.05) is 0 Å². The van der Waals surface area contributed by atoms with Crippen LogP contribution in [0.2, 0.25) is 0 Å². The molecule has 14 heavy (non-hydrogen) atoms. The van der Waals surface area contributed by atoms with Crippen LogP contribution in [-0.2, 0) is 6.42 Å². The molecule has 1 aromatic heterocycles. The highest BCUT2D eigenvalue weighted by Crippen LogP contribution is 2.21. The Balaban J connectivity index is 3.18. The number of alkyl halides is 2. The van der Waals surface area contributed by atoms with Crippen LogP contribution < -0.4 is 0 Å². The van der Waals surface area contributed by atoms with Crippen LogP contribution in [0.5, 0.6) is 0 Å². The Bertz CT molecular complexity index is 384. The molecule has 0 atom stereocenters. The lowest BCUT2D eigenvalue weighted by atomic mass is 10.2. The minimum atomic E-state index is -3.17. The monoisotopic (exact) mass is 204 g/mol. The van der Waals surface area contributed by atoms with Gasteiger partial charge in [-0.2, -0.15) is 9.65 Å². The fourth-order valence-electron chi connectivity index (χ4n) is 0.880. The molecular weight excluding hydrogens is 200 g/mol. The number of hydrogen-bond donors (Lipinski definition) is 0. The summed E-state index contributed by atoms with van der Waals surface area (Å²) in [5.74, 6) is -2.53. The molecule has 0 fully saturated rings. The van der Waals surface area contributed by atoms with E-state index in [0.717, 1.165) is 0 Å². The van der Waals surface area contributed by atoms with Gasteiger partial charge in [-0.15, -0.1) is 0 Å². The molecule has 1 aromatic rings. The normalized spacial score (nSPS) is 10.3. The zero-order chi connectivity index (χ0) is 10.7. The molecule has 2 nitrogen and oxygen atoms in total. The Morgan fingerprint density at radius 1 is 1.43 bits per heavy atom. The summed E-state index contributed by atoms with van der Waals surface area (Å²) in [6, 6.07) is 2.13. The average molecular weight is 204 g/mol. The van der Waals surface area contributed by atoms with Gasteiger partial charge in [-0.05, 0) is 6.07 Å². The second-order valence-corrected chi connectivity index (χ2v) is 2.44. The Hall–Kier alpha value is -1.64. The maximum absolute atomic E-state index is 12.8. The maximum Gasteiger partial charge on any atom is 0.283 e. The first-order valence-electron chi connectivity index (χ1n) is 3.56. The second kappa shape index (κ2) is 4.05. The molecule has 0 aromatic carbocycles. The predicted octanol–water partition coefficient (Wildman–Crippen LogP) is 2.36. The second-order valence-electron chi connectivity index (χ2n) is 2.44. The Kier molecular flexibility index (Phi) is 3.02. The van der Waals surface area contributed by atoms with E-state index in [4.69, 9.17) is 5.26 Å². The van der Waals surface area contributed by atoms with Crippen molar-refractivity contribution in [1.29, 1.82) is 5.26 Å². The van der Waals surface area contributed by atoms with Crippen LogP contribution >= 0.6 is 0 Å². The first-order valence-corrected chi connectivity index (χ1v) is 3.56. The van der Waals surface area contributed by atoms with Crippen LogP contribution in [0.4, 0.5) is 17.6 Å². The summed E-state index contributed by atoms with van der Waals surface area (Å²) in [6.45, 7) is 0. The molecule has 6 heteroatoms. The minimum absolute atomic E-state index is 0.325. The number of pyridine rings is 1. The molecule has 0 aliphatic rings. The number of rotatable bonds is 2. The minimum Gasteiger partial charge on any atom is -0.215 e. The van der Waals surface area contributed by atoms with E-state index in [9.17, 15) is 17.6 Å². The van der Waals surface area contributed by atoms with Gasteiger partial charge in [0.1, 0.15) is 5.69 Å². The molecule has 74 valence electrons. The van der Waals surface area contributed by atoms with Gasteiger partial charge in [0, 0.05) is 5.56 Å². The standard InChI is InChI=1S/C8H4F4N2/c9-5-3-4(1-2-13)8(12)14-6(5)7(10)11/h3,7H,1H2. The molecule has 1 rings (SSSR count). The number of hydrogen-bond acceptors (Lipinski definition) is 2. The molecule has 1 heterocycles. The van der Waals surface area contributed by atoms with Gasteiger partial charge in [0.15, 0.2) is 5.82 Å². The van der Waals surface area contributed by atoms with E-state index in [0.29, 0.717) is 6.07 Å². The van der Waals surface area contributed by atoms with E-state index in [2.05, 4.69) is 4.98 Å². The lowest BCUT2D eigenvalue weighted by Crippen LogP contribution is -2.02. The van der Waals surface area contributed by atoms with Crippen molar-refractivity contribution >= 4 is 0 Å². The molecule has 0 N–H and O–H groups in total. The van der Waals surface area contributed by atoms with Gasteiger partial charge in [-0.3, -0.25) is 0 Å². The molecule has 0 radical (unpaired) electrons. The Morgan fingerprint density at radius 2 is 2.07 bits per heavy atom. The first kappa shape index (κ1) is 10.4. The van der Waals surface area contributed by atoms with Crippen LogP contribution in [0.15, 0.2) is 6.07 Å². The van der Waals surface area contributed by atoms with Crippen molar-refractivity contribution in [2.45, 2.75) is 12.8 Å². The smallest absolute Gasteiger partial charge is 0.215 e. The lowest BCUT2D eigenvalue weighted by molar-refractivity contribution is 0.139.